The van der Waals surface area contributed by atoms with Gasteiger partial charge in [-0.25, -0.2) is 4.98 Å². The maximum atomic E-state index is 11.9. The summed E-state index contributed by atoms with van der Waals surface area (Å²) in [6, 6.07) is 5.76. The molecule has 1 aromatic heterocycles. The summed E-state index contributed by atoms with van der Waals surface area (Å²) in [5.41, 5.74) is 1.97. The van der Waals surface area contributed by atoms with Crippen molar-refractivity contribution in [3.63, 3.8) is 0 Å². The summed E-state index contributed by atoms with van der Waals surface area (Å²) in [5.74, 6) is 1.21. The van der Waals surface area contributed by atoms with Crippen LogP contribution in [0.1, 0.15) is 26.2 Å². The average molecular weight is 338 g/mol. The molecule has 0 saturated heterocycles. The van der Waals surface area contributed by atoms with E-state index in [1.165, 1.54) is 24.6 Å². The number of fused-ring (bicyclic) bond motifs is 1. The normalized spacial score (nSPS) is 14.5. The highest BCUT2D eigenvalue weighted by Crippen LogP contribution is 2.28. The lowest BCUT2D eigenvalue weighted by molar-refractivity contribution is -0.118. The number of hydrogen-bond acceptors (Lipinski definition) is 3. The van der Waals surface area contributed by atoms with E-state index in [1.54, 1.807) is 0 Å². The van der Waals surface area contributed by atoms with Gasteiger partial charge in [-0.1, -0.05) is 30.3 Å². The van der Waals surface area contributed by atoms with Crippen LogP contribution in [0.5, 0.6) is 0 Å². The minimum atomic E-state index is 0.0880. The van der Waals surface area contributed by atoms with Crippen molar-refractivity contribution in [1.29, 1.82) is 0 Å². The summed E-state index contributed by atoms with van der Waals surface area (Å²) in [6.45, 7) is 3.85. The molecule has 1 N–H and O–H groups in total. The van der Waals surface area contributed by atoms with Gasteiger partial charge in [-0.2, -0.15) is 0 Å². The van der Waals surface area contributed by atoms with Crippen molar-refractivity contribution in [3.05, 3.63) is 23.2 Å². The van der Waals surface area contributed by atoms with E-state index >= 15 is 0 Å². The van der Waals surface area contributed by atoms with Crippen molar-refractivity contribution in [2.75, 3.05) is 12.3 Å². The Balaban J connectivity index is 1.70. The lowest BCUT2D eigenvalue weighted by Gasteiger charge is -2.07. The first-order valence-corrected chi connectivity index (χ1v) is 9.09. The summed E-state index contributed by atoms with van der Waals surface area (Å²) in [6.07, 6.45) is 3.52. The molecule has 1 amide bonds. The molecule has 0 spiro atoms. The highest BCUT2D eigenvalue weighted by molar-refractivity contribution is 7.99. The van der Waals surface area contributed by atoms with Gasteiger partial charge in [0.15, 0.2) is 5.16 Å². The predicted molar refractivity (Wildman–Crippen MR) is 91.5 cm³/mol. The molecule has 0 atom stereocenters. The molecule has 1 fully saturated rings. The van der Waals surface area contributed by atoms with Crippen LogP contribution in [-0.2, 0) is 11.3 Å². The number of imidazole rings is 1. The second kappa shape index (κ2) is 6.92. The SMILES string of the molecule is CCCn1c(SCC(=O)NCC2CC2)nc2cc(Cl)ccc21. The van der Waals surface area contributed by atoms with Gasteiger partial charge in [0, 0.05) is 18.1 Å². The van der Waals surface area contributed by atoms with E-state index in [0.29, 0.717) is 16.7 Å². The molecule has 6 heteroatoms. The lowest BCUT2D eigenvalue weighted by Crippen LogP contribution is -2.27. The topological polar surface area (TPSA) is 46.9 Å². The molecule has 1 heterocycles. The Kier molecular flexibility index (Phi) is 4.93. The van der Waals surface area contributed by atoms with E-state index in [9.17, 15) is 4.79 Å². The number of amides is 1. The molecule has 0 radical (unpaired) electrons. The van der Waals surface area contributed by atoms with Crippen LogP contribution in [0, 0.1) is 5.92 Å². The first kappa shape index (κ1) is 15.7. The zero-order chi connectivity index (χ0) is 15.5. The number of carbonyl (C=O) groups excluding carboxylic acids is 1. The van der Waals surface area contributed by atoms with Crippen molar-refractivity contribution in [1.82, 2.24) is 14.9 Å². The number of carbonyl (C=O) groups is 1. The Labute approximate surface area is 139 Å². The van der Waals surface area contributed by atoms with Crippen molar-refractivity contribution >= 4 is 40.3 Å². The number of aryl methyl sites for hydroxylation is 1. The minimum Gasteiger partial charge on any atom is -0.355 e. The first-order chi connectivity index (χ1) is 10.7. The van der Waals surface area contributed by atoms with Crippen molar-refractivity contribution in [3.8, 4) is 0 Å². The van der Waals surface area contributed by atoms with E-state index < -0.39 is 0 Å². The van der Waals surface area contributed by atoms with Crippen LogP contribution in [0.4, 0.5) is 0 Å². The summed E-state index contributed by atoms with van der Waals surface area (Å²) in [5, 5.41) is 4.57. The fraction of sp³-hybridized carbons (Fsp3) is 0.500. The van der Waals surface area contributed by atoms with Crippen molar-refractivity contribution in [2.45, 2.75) is 37.9 Å². The van der Waals surface area contributed by atoms with Crippen LogP contribution in [0.15, 0.2) is 23.4 Å². The standard InChI is InChI=1S/C16H20ClN3OS/c1-2-7-20-14-6-5-12(17)8-13(14)19-16(20)22-10-15(21)18-9-11-3-4-11/h5-6,8,11H,2-4,7,9-10H2,1H3,(H,18,21). The second-order valence-corrected chi connectivity index (χ2v) is 7.09. The highest BCUT2D eigenvalue weighted by atomic mass is 35.5. The largest absolute Gasteiger partial charge is 0.355 e. The van der Waals surface area contributed by atoms with Crippen LogP contribution in [-0.4, -0.2) is 27.8 Å². The number of nitrogens with one attached hydrogen (secondary N) is 1. The van der Waals surface area contributed by atoms with Crippen LogP contribution in [0.3, 0.4) is 0 Å². The van der Waals surface area contributed by atoms with E-state index in [4.69, 9.17) is 11.6 Å². The number of benzene rings is 1. The summed E-state index contributed by atoms with van der Waals surface area (Å²) in [7, 11) is 0. The molecule has 1 aliphatic rings. The first-order valence-electron chi connectivity index (χ1n) is 7.72. The maximum Gasteiger partial charge on any atom is 0.230 e. The third-order valence-corrected chi connectivity index (χ3v) is 4.95. The lowest BCUT2D eigenvalue weighted by atomic mass is 10.3. The van der Waals surface area contributed by atoms with Crippen LogP contribution in [0.2, 0.25) is 5.02 Å². The molecule has 1 aliphatic carbocycles. The van der Waals surface area contributed by atoms with Crippen molar-refractivity contribution in [2.24, 2.45) is 5.92 Å². The second-order valence-electron chi connectivity index (χ2n) is 5.72. The van der Waals surface area contributed by atoms with E-state index in [1.807, 2.05) is 18.2 Å². The molecule has 0 aliphatic heterocycles. The average Bonchev–Trinajstić information content (AvgIpc) is 3.27. The van der Waals surface area contributed by atoms with E-state index in [-0.39, 0.29) is 5.91 Å². The fourth-order valence-corrected chi connectivity index (χ4v) is 3.43. The molecule has 1 saturated carbocycles. The van der Waals surface area contributed by atoms with Gasteiger partial charge < -0.3 is 9.88 Å². The van der Waals surface area contributed by atoms with Gasteiger partial charge in [0.2, 0.25) is 5.91 Å². The highest BCUT2D eigenvalue weighted by Gasteiger charge is 2.21. The number of halogens is 1. The molecular weight excluding hydrogens is 318 g/mol. The van der Waals surface area contributed by atoms with Crippen molar-refractivity contribution < 1.29 is 4.79 Å². The monoisotopic (exact) mass is 337 g/mol. The molecule has 2 aromatic rings. The number of aromatic nitrogens is 2. The number of thioether (sulfide) groups is 1. The van der Waals surface area contributed by atoms with Gasteiger partial charge in [-0.15, -0.1) is 0 Å². The Morgan fingerprint density at radius 2 is 2.32 bits per heavy atom. The van der Waals surface area contributed by atoms with Gasteiger partial charge in [0.1, 0.15) is 0 Å². The van der Waals surface area contributed by atoms with Crippen LogP contribution < -0.4 is 5.32 Å². The molecule has 22 heavy (non-hydrogen) atoms. The summed E-state index contributed by atoms with van der Waals surface area (Å²) in [4.78, 5) is 16.5. The van der Waals surface area contributed by atoms with Crippen LogP contribution in [0.25, 0.3) is 11.0 Å². The van der Waals surface area contributed by atoms with Gasteiger partial charge in [-0.05, 0) is 43.4 Å². The zero-order valence-corrected chi connectivity index (χ0v) is 14.2. The number of hydrogen-bond donors (Lipinski definition) is 1. The predicted octanol–water partition coefficient (Wildman–Crippen LogP) is 3.72. The summed E-state index contributed by atoms with van der Waals surface area (Å²) >= 11 is 7.54. The number of rotatable bonds is 7. The Bertz CT molecular complexity index is 681. The zero-order valence-electron chi connectivity index (χ0n) is 12.6. The molecule has 0 unspecified atom stereocenters. The molecule has 1 aromatic carbocycles. The molecule has 0 bridgehead atoms. The van der Waals surface area contributed by atoms with E-state index in [2.05, 4.69) is 21.8 Å². The molecule has 3 rings (SSSR count). The van der Waals surface area contributed by atoms with Gasteiger partial charge in [-0.3, -0.25) is 4.79 Å². The Hall–Kier alpha value is -1.20. The third kappa shape index (κ3) is 3.76. The molecule has 118 valence electrons. The fourth-order valence-electron chi connectivity index (χ4n) is 2.39. The Morgan fingerprint density at radius 1 is 1.50 bits per heavy atom. The third-order valence-electron chi connectivity index (χ3n) is 3.74. The number of nitrogens with zero attached hydrogens (tertiary/aromatic N) is 2. The van der Waals surface area contributed by atoms with Crippen LogP contribution >= 0.6 is 23.4 Å². The minimum absolute atomic E-state index is 0.0880. The smallest absolute Gasteiger partial charge is 0.230 e. The Morgan fingerprint density at radius 3 is 3.05 bits per heavy atom. The van der Waals surface area contributed by atoms with Gasteiger partial charge >= 0.3 is 0 Å². The molecule has 4 nitrogen and oxygen atoms in total. The maximum absolute atomic E-state index is 11.9. The molecular formula is C16H20ClN3OS. The van der Waals surface area contributed by atoms with Gasteiger partial charge in [0.25, 0.3) is 0 Å². The quantitative estimate of drug-likeness (QED) is 0.783. The summed E-state index contributed by atoms with van der Waals surface area (Å²) < 4.78 is 2.17. The van der Waals surface area contributed by atoms with E-state index in [0.717, 1.165) is 35.7 Å². The van der Waals surface area contributed by atoms with Gasteiger partial charge in [0.05, 0.1) is 16.8 Å².